The summed E-state index contributed by atoms with van der Waals surface area (Å²) in [5.41, 5.74) is 0. The summed E-state index contributed by atoms with van der Waals surface area (Å²) in [5.74, 6) is -2.42. The minimum absolute atomic E-state index is 0.164. The van der Waals surface area contributed by atoms with Crippen LogP contribution in [0, 0.1) is 13.0 Å². The third-order valence-electron chi connectivity index (χ3n) is 8.66. The standard InChI is InChI=1S/C36H64NO11P/c1-3-4-5-6-7-8-12-15-18-21-24-35(40)48-32(29-45-36(41)31-22-19-16-13-10-9-11-14-17-20-23-31)30-47-49(42,43)46-28-27-37-33(38)25-26-34(39)44-2/h2,31-32H,3-30H2,1H3,(H,37,38)(H,42,43)/p-1. The number of carbonyl (C=O) groups excluding carboxylic acids is 4. The highest BCUT2D eigenvalue weighted by Crippen LogP contribution is 2.38. The molecule has 0 heterocycles. The van der Waals surface area contributed by atoms with Gasteiger partial charge in [-0.25, -0.2) is 0 Å². The van der Waals surface area contributed by atoms with E-state index in [1.807, 2.05) is 0 Å². The monoisotopic (exact) mass is 716 g/mol. The Morgan fingerprint density at radius 1 is 0.735 bits per heavy atom. The van der Waals surface area contributed by atoms with Crippen LogP contribution in [-0.2, 0) is 47.0 Å². The third kappa shape index (κ3) is 26.5. The van der Waals surface area contributed by atoms with Crippen molar-refractivity contribution in [2.75, 3.05) is 26.4 Å². The van der Waals surface area contributed by atoms with Gasteiger partial charge in [0.1, 0.15) is 6.61 Å². The quantitative estimate of drug-likeness (QED) is 0.0436. The normalized spacial score (nSPS) is 16.7. The van der Waals surface area contributed by atoms with Crippen LogP contribution in [0.1, 0.15) is 161 Å². The summed E-state index contributed by atoms with van der Waals surface area (Å²) in [4.78, 5) is 61.0. The van der Waals surface area contributed by atoms with Gasteiger partial charge in [0.05, 0.1) is 25.6 Å². The summed E-state index contributed by atoms with van der Waals surface area (Å²) in [7, 11) is -0.132. The molecule has 13 heteroatoms. The van der Waals surface area contributed by atoms with Gasteiger partial charge in [-0.3, -0.25) is 23.7 Å². The molecule has 1 amide bonds. The molecule has 2 atom stereocenters. The van der Waals surface area contributed by atoms with Gasteiger partial charge < -0.3 is 33.5 Å². The Kier molecular flexibility index (Phi) is 27.3. The minimum atomic E-state index is -4.86. The zero-order valence-electron chi connectivity index (χ0n) is 30.0. The number of esters is 3. The summed E-state index contributed by atoms with van der Waals surface area (Å²) >= 11 is 0. The molecule has 0 aromatic rings. The summed E-state index contributed by atoms with van der Waals surface area (Å²) in [6.07, 6.45) is 21.3. The van der Waals surface area contributed by atoms with Crippen molar-refractivity contribution < 1.29 is 51.9 Å². The van der Waals surface area contributed by atoms with Crippen molar-refractivity contribution in [3.63, 3.8) is 0 Å². The van der Waals surface area contributed by atoms with Crippen LogP contribution in [0.2, 0.25) is 0 Å². The fourth-order valence-electron chi connectivity index (χ4n) is 5.73. The molecule has 12 nitrogen and oxygen atoms in total. The van der Waals surface area contributed by atoms with Gasteiger partial charge in [-0.15, -0.1) is 0 Å². The van der Waals surface area contributed by atoms with Crippen LogP contribution in [0.25, 0.3) is 0 Å². The number of hydrogen-bond donors (Lipinski definition) is 1. The lowest BCUT2D eigenvalue weighted by atomic mass is 9.93. The molecule has 0 aromatic heterocycles. The van der Waals surface area contributed by atoms with Gasteiger partial charge in [-0.05, 0) is 19.3 Å². The van der Waals surface area contributed by atoms with Crippen molar-refractivity contribution in [1.82, 2.24) is 5.32 Å². The first-order valence-electron chi connectivity index (χ1n) is 18.8. The molecule has 0 saturated heterocycles. The van der Waals surface area contributed by atoms with E-state index in [9.17, 15) is 28.6 Å². The topological polar surface area (TPSA) is 167 Å². The minimum Gasteiger partial charge on any atom is -0.756 e. The van der Waals surface area contributed by atoms with E-state index in [4.69, 9.17) is 25.6 Å². The molecule has 49 heavy (non-hydrogen) atoms. The maximum Gasteiger partial charge on any atom is 0.309 e. The smallest absolute Gasteiger partial charge is 0.309 e. The molecular weight excluding hydrogens is 653 g/mol. The first kappa shape index (κ1) is 45.0. The number of hydrogen-bond acceptors (Lipinski definition) is 11. The predicted molar refractivity (Wildman–Crippen MR) is 184 cm³/mol. The number of nitrogens with one attached hydrogen (secondary N) is 1. The Labute approximate surface area is 295 Å². The molecule has 1 aliphatic rings. The molecular formula is C36H63NO11P-. The molecule has 2 radical (unpaired) electrons. The highest BCUT2D eigenvalue weighted by molar-refractivity contribution is 7.45. The van der Waals surface area contributed by atoms with E-state index >= 15 is 0 Å². The number of carbonyl (C=O) groups is 4. The second kappa shape index (κ2) is 29.7. The average Bonchev–Trinajstić information content (AvgIpc) is 3.07. The van der Waals surface area contributed by atoms with Gasteiger partial charge in [-0.2, -0.15) is 0 Å². The molecule has 2 unspecified atom stereocenters. The van der Waals surface area contributed by atoms with Gasteiger partial charge in [0.2, 0.25) is 5.91 Å². The van der Waals surface area contributed by atoms with Crippen LogP contribution >= 0.6 is 7.82 Å². The highest BCUT2D eigenvalue weighted by atomic mass is 31.2. The molecule has 1 aliphatic carbocycles. The lowest BCUT2D eigenvalue weighted by molar-refractivity contribution is -0.228. The molecule has 284 valence electrons. The first-order chi connectivity index (χ1) is 23.7. The van der Waals surface area contributed by atoms with Gasteiger partial charge in [0, 0.05) is 19.4 Å². The fraction of sp³-hybridized carbons (Fsp3) is 0.861. The summed E-state index contributed by atoms with van der Waals surface area (Å²) < 4.78 is 37.3. The largest absolute Gasteiger partial charge is 0.756 e. The SMILES string of the molecule is [CH]OC(=O)CCC(=O)NCCOP(=O)([O-])OCC(COC(=O)C1CCCCCCCCCCC1)OC(=O)CCCCCCCCCCCC. The summed E-state index contributed by atoms with van der Waals surface area (Å²) in [6.45, 7) is 0.696. The lowest BCUT2D eigenvalue weighted by Gasteiger charge is -2.26. The Hall–Kier alpha value is -2.01. The Balaban J connectivity index is 2.60. The second-order valence-corrected chi connectivity index (χ2v) is 14.5. The average molecular weight is 717 g/mol. The molecule has 1 rings (SSSR count). The lowest BCUT2D eigenvalue weighted by Crippen LogP contribution is -2.32. The third-order valence-corrected chi connectivity index (χ3v) is 9.63. The van der Waals surface area contributed by atoms with Gasteiger partial charge in [-0.1, -0.05) is 122 Å². The maximum absolute atomic E-state index is 13.1. The van der Waals surface area contributed by atoms with Crippen molar-refractivity contribution in [2.45, 2.75) is 167 Å². The van der Waals surface area contributed by atoms with Crippen LogP contribution in [0.15, 0.2) is 0 Å². The Morgan fingerprint density at radius 3 is 1.86 bits per heavy atom. The van der Waals surface area contributed by atoms with Crippen molar-refractivity contribution >= 4 is 31.6 Å². The number of phosphoric ester groups is 1. The Bertz CT molecular complexity index is 936. The maximum atomic E-state index is 13.1. The summed E-state index contributed by atoms with van der Waals surface area (Å²) in [6, 6.07) is 0. The number of rotatable bonds is 25. The number of amides is 1. The predicted octanol–water partition coefficient (Wildman–Crippen LogP) is 7.28. The van der Waals surface area contributed by atoms with Gasteiger partial charge in [0.25, 0.3) is 7.82 Å². The van der Waals surface area contributed by atoms with Crippen LogP contribution in [0.5, 0.6) is 0 Å². The molecule has 0 aliphatic heterocycles. The van der Waals surface area contributed by atoms with Crippen molar-refractivity contribution in [3.8, 4) is 0 Å². The van der Waals surface area contributed by atoms with E-state index in [1.165, 1.54) is 57.8 Å². The van der Waals surface area contributed by atoms with E-state index in [2.05, 4.69) is 17.0 Å². The van der Waals surface area contributed by atoms with Crippen LogP contribution in [0.4, 0.5) is 0 Å². The van der Waals surface area contributed by atoms with E-state index in [1.54, 1.807) is 0 Å². The highest BCUT2D eigenvalue weighted by Gasteiger charge is 2.24. The number of phosphoric acid groups is 1. The fourth-order valence-corrected chi connectivity index (χ4v) is 6.47. The van der Waals surface area contributed by atoms with Gasteiger partial charge >= 0.3 is 17.9 Å². The number of unbranched alkanes of at least 4 members (excludes halogenated alkanes) is 9. The van der Waals surface area contributed by atoms with E-state index < -0.39 is 45.0 Å². The second-order valence-electron chi connectivity index (χ2n) is 13.0. The van der Waals surface area contributed by atoms with Gasteiger partial charge in [0.15, 0.2) is 13.2 Å². The van der Waals surface area contributed by atoms with Crippen LogP contribution in [-0.4, -0.2) is 56.3 Å². The summed E-state index contributed by atoms with van der Waals surface area (Å²) in [5, 5.41) is 2.40. The van der Waals surface area contributed by atoms with Crippen molar-refractivity contribution in [3.05, 3.63) is 7.11 Å². The van der Waals surface area contributed by atoms with E-state index in [0.717, 1.165) is 70.6 Å². The number of ether oxygens (including phenoxy) is 3. The van der Waals surface area contributed by atoms with Crippen molar-refractivity contribution in [2.24, 2.45) is 5.92 Å². The molecule has 1 saturated carbocycles. The first-order valence-corrected chi connectivity index (χ1v) is 20.3. The zero-order valence-corrected chi connectivity index (χ0v) is 30.9. The van der Waals surface area contributed by atoms with E-state index in [0.29, 0.717) is 6.42 Å². The molecule has 0 aromatic carbocycles. The van der Waals surface area contributed by atoms with Crippen LogP contribution < -0.4 is 10.2 Å². The molecule has 1 fully saturated rings. The zero-order chi connectivity index (χ0) is 36.0. The molecule has 0 spiro atoms. The van der Waals surface area contributed by atoms with E-state index in [-0.39, 0.29) is 44.3 Å². The van der Waals surface area contributed by atoms with Crippen LogP contribution in [0.3, 0.4) is 0 Å². The molecule has 0 bridgehead atoms. The van der Waals surface area contributed by atoms with Crippen molar-refractivity contribution in [1.29, 1.82) is 0 Å². The molecule has 1 N–H and O–H groups in total. The Morgan fingerprint density at radius 2 is 1.29 bits per heavy atom.